The van der Waals surface area contributed by atoms with E-state index in [9.17, 15) is 9.90 Å². The SMILES string of the molecule is CC(=O)OC(C(O)CI)[C@H](C)Cl. The molecule has 1 N–H and O–H groups in total. The quantitative estimate of drug-likeness (QED) is 0.484. The number of rotatable bonds is 4. The van der Waals surface area contributed by atoms with Gasteiger partial charge < -0.3 is 9.84 Å². The Labute approximate surface area is 90.6 Å². The van der Waals surface area contributed by atoms with E-state index in [2.05, 4.69) is 0 Å². The van der Waals surface area contributed by atoms with Gasteiger partial charge in [-0.15, -0.1) is 11.6 Å². The van der Waals surface area contributed by atoms with E-state index < -0.39 is 18.2 Å². The van der Waals surface area contributed by atoms with E-state index in [0.717, 1.165) is 0 Å². The summed E-state index contributed by atoms with van der Waals surface area (Å²) < 4.78 is 5.33. The van der Waals surface area contributed by atoms with Crippen molar-refractivity contribution in [2.45, 2.75) is 31.4 Å². The molecule has 0 fully saturated rings. The zero-order valence-electron chi connectivity index (χ0n) is 6.96. The molecule has 0 aliphatic rings. The van der Waals surface area contributed by atoms with Crippen molar-refractivity contribution >= 4 is 40.2 Å². The minimum absolute atomic E-state index is 0.376. The molecule has 3 atom stereocenters. The Kier molecular flexibility index (Phi) is 6.21. The van der Waals surface area contributed by atoms with Crippen LogP contribution in [0.3, 0.4) is 0 Å². The van der Waals surface area contributed by atoms with Crippen LogP contribution in [0.25, 0.3) is 0 Å². The Balaban J connectivity index is 4.12. The fourth-order valence-electron chi connectivity index (χ4n) is 0.758. The average Bonchev–Trinajstić information content (AvgIpc) is 1.98. The van der Waals surface area contributed by atoms with Crippen molar-refractivity contribution in [3.05, 3.63) is 0 Å². The summed E-state index contributed by atoms with van der Waals surface area (Å²) in [6.45, 7) is 2.98. The molecule has 0 aromatic rings. The zero-order chi connectivity index (χ0) is 9.72. The lowest BCUT2D eigenvalue weighted by atomic mass is 10.2. The summed E-state index contributed by atoms with van der Waals surface area (Å²) >= 11 is 7.73. The molecule has 0 saturated heterocycles. The summed E-state index contributed by atoms with van der Waals surface area (Å²) in [5.41, 5.74) is 0. The first-order chi connectivity index (χ1) is 5.49. The molecule has 0 radical (unpaired) electrons. The monoisotopic (exact) mass is 306 g/mol. The van der Waals surface area contributed by atoms with Crippen LogP contribution in [0, 0.1) is 0 Å². The van der Waals surface area contributed by atoms with Crippen molar-refractivity contribution in [3.8, 4) is 0 Å². The van der Waals surface area contributed by atoms with Gasteiger partial charge in [-0.25, -0.2) is 0 Å². The van der Waals surface area contributed by atoms with Crippen LogP contribution < -0.4 is 0 Å². The largest absolute Gasteiger partial charge is 0.458 e. The summed E-state index contributed by atoms with van der Waals surface area (Å²) in [7, 11) is 0. The van der Waals surface area contributed by atoms with Crippen LogP contribution in [0.5, 0.6) is 0 Å². The van der Waals surface area contributed by atoms with Gasteiger partial charge in [0.25, 0.3) is 0 Å². The summed E-state index contributed by atoms with van der Waals surface area (Å²) in [5, 5.41) is 8.99. The van der Waals surface area contributed by atoms with Gasteiger partial charge in [-0.3, -0.25) is 4.79 Å². The van der Waals surface area contributed by atoms with Gasteiger partial charge in [0, 0.05) is 11.4 Å². The Morgan fingerprint density at radius 2 is 2.25 bits per heavy atom. The number of hydrogen-bond donors (Lipinski definition) is 1. The smallest absolute Gasteiger partial charge is 0.303 e. The molecular weight excluding hydrogens is 294 g/mol. The lowest BCUT2D eigenvalue weighted by Gasteiger charge is -2.22. The van der Waals surface area contributed by atoms with Gasteiger partial charge >= 0.3 is 5.97 Å². The van der Waals surface area contributed by atoms with E-state index in [1.165, 1.54) is 6.92 Å². The van der Waals surface area contributed by atoms with Crippen LogP contribution in [-0.2, 0) is 9.53 Å². The molecule has 3 nitrogen and oxygen atoms in total. The summed E-state index contributed by atoms with van der Waals surface area (Å²) in [4.78, 5) is 10.6. The maximum Gasteiger partial charge on any atom is 0.303 e. The number of carbonyl (C=O) groups is 1. The van der Waals surface area contributed by atoms with E-state index >= 15 is 0 Å². The number of ether oxygens (including phenoxy) is 1. The molecule has 0 spiro atoms. The number of carbonyl (C=O) groups excluding carboxylic acids is 1. The first-order valence-corrected chi connectivity index (χ1v) is 5.50. The van der Waals surface area contributed by atoms with E-state index in [1.807, 2.05) is 22.6 Å². The van der Waals surface area contributed by atoms with Crippen LogP contribution in [0.4, 0.5) is 0 Å². The minimum Gasteiger partial charge on any atom is -0.458 e. The molecule has 12 heavy (non-hydrogen) atoms. The van der Waals surface area contributed by atoms with Gasteiger partial charge in [-0.2, -0.15) is 0 Å². The Hall–Kier alpha value is 0.450. The predicted molar refractivity (Wildman–Crippen MR) is 55.8 cm³/mol. The zero-order valence-corrected chi connectivity index (χ0v) is 9.87. The molecule has 0 aliphatic heterocycles. The second-order valence-electron chi connectivity index (χ2n) is 2.47. The van der Waals surface area contributed by atoms with Crippen molar-refractivity contribution in [1.29, 1.82) is 0 Å². The third-order valence-electron chi connectivity index (χ3n) is 1.29. The molecule has 0 bridgehead atoms. The van der Waals surface area contributed by atoms with Gasteiger partial charge in [-0.05, 0) is 6.92 Å². The van der Waals surface area contributed by atoms with Gasteiger partial charge in [0.05, 0.1) is 5.38 Å². The molecular formula is C7H12ClIO3. The van der Waals surface area contributed by atoms with E-state index in [-0.39, 0.29) is 5.38 Å². The number of halogens is 2. The van der Waals surface area contributed by atoms with Gasteiger partial charge in [0.15, 0.2) is 0 Å². The molecule has 0 aromatic carbocycles. The highest BCUT2D eigenvalue weighted by molar-refractivity contribution is 14.1. The number of hydrogen-bond acceptors (Lipinski definition) is 3. The summed E-state index contributed by atoms with van der Waals surface area (Å²) in [5.74, 6) is -0.420. The second-order valence-corrected chi connectivity index (χ2v) is 4.04. The first kappa shape index (κ1) is 12.4. The molecule has 5 heteroatoms. The van der Waals surface area contributed by atoms with Crippen molar-refractivity contribution < 1.29 is 14.6 Å². The predicted octanol–water partition coefficient (Wildman–Crippen LogP) is 1.34. The van der Waals surface area contributed by atoms with E-state index in [1.54, 1.807) is 6.92 Å². The topological polar surface area (TPSA) is 46.5 Å². The molecule has 0 aromatic heterocycles. The highest BCUT2D eigenvalue weighted by Gasteiger charge is 2.25. The number of alkyl halides is 2. The van der Waals surface area contributed by atoms with Crippen LogP contribution >= 0.6 is 34.2 Å². The van der Waals surface area contributed by atoms with Crippen LogP contribution in [0.1, 0.15) is 13.8 Å². The first-order valence-electron chi connectivity index (χ1n) is 3.54. The Morgan fingerprint density at radius 3 is 2.50 bits per heavy atom. The molecule has 0 rings (SSSR count). The molecule has 2 unspecified atom stereocenters. The molecule has 0 aliphatic carbocycles. The fraction of sp³-hybridized carbons (Fsp3) is 0.857. The van der Waals surface area contributed by atoms with Gasteiger partial charge in [0.2, 0.25) is 0 Å². The number of aliphatic hydroxyl groups is 1. The molecule has 0 amide bonds. The maximum absolute atomic E-state index is 10.6. The standard InChI is InChI=1S/C7H12ClIO3/c1-4(8)7(6(11)3-9)12-5(2)10/h4,6-7,11H,3H2,1-2H3/t4-,6?,7?/m0/s1. The normalized spacial score (nSPS) is 18.1. The molecule has 0 heterocycles. The van der Waals surface area contributed by atoms with Crippen molar-refractivity contribution in [3.63, 3.8) is 0 Å². The average molecular weight is 307 g/mol. The summed E-state index contributed by atoms with van der Waals surface area (Å²) in [6.07, 6.45) is -1.30. The lowest BCUT2D eigenvalue weighted by molar-refractivity contribution is -0.151. The van der Waals surface area contributed by atoms with Crippen LogP contribution in [0.2, 0.25) is 0 Å². The Bertz CT molecular complexity index is 152. The van der Waals surface area contributed by atoms with Crippen molar-refractivity contribution in [2.75, 3.05) is 4.43 Å². The van der Waals surface area contributed by atoms with E-state index in [0.29, 0.717) is 4.43 Å². The highest BCUT2D eigenvalue weighted by Crippen LogP contribution is 2.13. The number of aliphatic hydroxyl groups excluding tert-OH is 1. The van der Waals surface area contributed by atoms with Gasteiger partial charge in [0.1, 0.15) is 12.2 Å². The molecule has 72 valence electrons. The van der Waals surface area contributed by atoms with Gasteiger partial charge in [-0.1, -0.05) is 22.6 Å². The number of esters is 1. The van der Waals surface area contributed by atoms with Crippen molar-refractivity contribution in [1.82, 2.24) is 0 Å². The Morgan fingerprint density at radius 1 is 1.75 bits per heavy atom. The molecule has 0 saturated carbocycles. The lowest BCUT2D eigenvalue weighted by Crippen LogP contribution is -2.37. The highest BCUT2D eigenvalue weighted by atomic mass is 127. The van der Waals surface area contributed by atoms with Crippen molar-refractivity contribution in [2.24, 2.45) is 0 Å². The maximum atomic E-state index is 10.6. The fourth-order valence-corrected chi connectivity index (χ4v) is 1.48. The van der Waals surface area contributed by atoms with Crippen LogP contribution in [0.15, 0.2) is 0 Å². The third kappa shape index (κ3) is 4.47. The minimum atomic E-state index is -0.693. The van der Waals surface area contributed by atoms with E-state index in [4.69, 9.17) is 16.3 Å². The van der Waals surface area contributed by atoms with Crippen LogP contribution in [-0.4, -0.2) is 33.1 Å². The third-order valence-corrected chi connectivity index (χ3v) is 2.44. The second kappa shape index (κ2) is 5.99. The summed E-state index contributed by atoms with van der Waals surface area (Å²) in [6, 6.07) is 0.